The van der Waals surface area contributed by atoms with Gasteiger partial charge in [-0.2, -0.15) is 0 Å². The van der Waals surface area contributed by atoms with E-state index in [1.165, 1.54) is 7.11 Å². The van der Waals surface area contributed by atoms with Gasteiger partial charge in [-0.3, -0.25) is 9.52 Å². The van der Waals surface area contributed by atoms with E-state index in [4.69, 9.17) is 4.74 Å². The van der Waals surface area contributed by atoms with Gasteiger partial charge in [-0.05, 0) is 60.7 Å². The summed E-state index contributed by atoms with van der Waals surface area (Å²) in [6.45, 7) is 2.52. The number of hydrogen-bond acceptors (Lipinski definition) is 4. The molecule has 0 atom stereocenters. The van der Waals surface area contributed by atoms with Gasteiger partial charge in [0.15, 0.2) is 0 Å². The molecule has 2 aliphatic heterocycles. The van der Waals surface area contributed by atoms with E-state index in [9.17, 15) is 13.2 Å². The Morgan fingerprint density at radius 1 is 1.08 bits per heavy atom. The first-order chi connectivity index (χ1) is 12.4. The highest BCUT2D eigenvalue weighted by atomic mass is 32.2. The molecule has 0 fully saturated rings. The van der Waals surface area contributed by atoms with Crippen LogP contribution in [-0.4, -0.2) is 28.0 Å². The predicted octanol–water partition coefficient (Wildman–Crippen LogP) is 2.64. The fourth-order valence-corrected chi connectivity index (χ4v) is 4.85. The van der Waals surface area contributed by atoms with Gasteiger partial charge in [-0.1, -0.05) is 6.07 Å². The van der Waals surface area contributed by atoms with Crippen molar-refractivity contribution in [2.24, 2.45) is 0 Å². The molecule has 1 amide bonds. The zero-order valence-corrected chi connectivity index (χ0v) is 15.5. The van der Waals surface area contributed by atoms with E-state index < -0.39 is 10.0 Å². The second kappa shape index (κ2) is 6.02. The Kier molecular flexibility index (Phi) is 3.91. The molecule has 136 valence electrons. The number of carbonyl (C=O) groups is 1. The molecular weight excluding hydrogens is 352 g/mol. The number of carbonyl (C=O) groups excluding carboxylic acids is 1. The first-order valence-corrected chi connectivity index (χ1v) is 10.0. The van der Waals surface area contributed by atoms with Crippen LogP contribution in [0.2, 0.25) is 0 Å². The zero-order chi connectivity index (χ0) is 18.5. The number of benzene rings is 2. The minimum absolute atomic E-state index is 0.120. The van der Waals surface area contributed by atoms with Gasteiger partial charge in [-0.15, -0.1) is 0 Å². The minimum atomic E-state index is -3.76. The lowest BCUT2D eigenvalue weighted by Crippen LogP contribution is -2.33. The van der Waals surface area contributed by atoms with Crippen LogP contribution in [0, 0.1) is 6.92 Å². The summed E-state index contributed by atoms with van der Waals surface area (Å²) in [6, 6.07) is 8.72. The summed E-state index contributed by atoms with van der Waals surface area (Å²) < 4.78 is 33.8. The Balaban J connectivity index is 1.74. The predicted molar refractivity (Wildman–Crippen MR) is 99.4 cm³/mol. The van der Waals surface area contributed by atoms with Crippen molar-refractivity contribution in [3.05, 3.63) is 47.0 Å². The molecule has 26 heavy (non-hydrogen) atoms. The van der Waals surface area contributed by atoms with E-state index in [2.05, 4.69) is 4.72 Å². The number of nitrogens with one attached hydrogen (secondary N) is 1. The summed E-state index contributed by atoms with van der Waals surface area (Å²) in [5, 5.41) is 0. The lowest BCUT2D eigenvalue weighted by atomic mass is 10.00. The summed E-state index contributed by atoms with van der Waals surface area (Å²) in [5.41, 5.74) is 4.11. The third-order valence-corrected chi connectivity index (χ3v) is 6.28. The van der Waals surface area contributed by atoms with Gasteiger partial charge in [0.25, 0.3) is 10.0 Å². The monoisotopic (exact) mass is 372 g/mol. The highest BCUT2D eigenvalue weighted by Crippen LogP contribution is 2.39. The zero-order valence-electron chi connectivity index (χ0n) is 14.7. The van der Waals surface area contributed by atoms with Crippen LogP contribution in [0.15, 0.2) is 35.2 Å². The van der Waals surface area contributed by atoms with Crippen LogP contribution in [0.5, 0.6) is 5.75 Å². The molecule has 0 spiro atoms. The number of anilines is 2. The Labute approximate surface area is 152 Å². The number of hydrogen-bond donors (Lipinski definition) is 1. The van der Waals surface area contributed by atoms with Gasteiger partial charge in [-0.25, -0.2) is 8.42 Å². The normalized spacial score (nSPS) is 15.8. The molecular formula is C19H20N2O4S. The van der Waals surface area contributed by atoms with Gasteiger partial charge in [0, 0.05) is 13.0 Å². The van der Waals surface area contributed by atoms with E-state index in [1.807, 2.05) is 13.0 Å². The Morgan fingerprint density at radius 2 is 1.81 bits per heavy atom. The molecule has 7 heteroatoms. The standard InChI is InChI=1S/C19H20N2O4S/c1-12-3-5-17(25-2)16(9-12)20-26(23,24)15-10-13-4-6-18(22)21-8-7-14(11-15)19(13)21/h3,5,9-11,20H,4,6-8H2,1-2H3. The lowest BCUT2D eigenvalue weighted by Gasteiger charge is -2.25. The molecule has 4 rings (SSSR count). The van der Waals surface area contributed by atoms with Crippen LogP contribution in [0.25, 0.3) is 0 Å². The van der Waals surface area contributed by atoms with Crippen LogP contribution in [0.3, 0.4) is 0 Å². The van der Waals surface area contributed by atoms with E-state index in [1.54, 1.807) is 29.2 Å². The topological polar surface area (TPSA) is 75.7 Å². The van der Waals surface area contributed by atoms with Gasteiger partial charge in [0.1, 0.15) is 5.75 Å². The quantitative estimate of drug-likeness (QED) is 0.895. The Bertz CT molecular complexity index is 1010. The highest BCUT2D eigenvalue weighted by Gasteiger charge is 2.33. The van der Waals surface area contributed by atoms with Crippen LogP contribution in [0.4, 0.5) is 11.4 Å². The molecule has 2 aromatic carbocycles. The third kappa shape index (κ3) is 2.72. The van der Waals surface area contributed by atoms with Crippen molar-refractivity contribution in [3.63, 3.8) is 0 Å². The Hall–Kier alpha value is -2.54. The first kappa shape index (κ1) is 16.9. The van der Waals surface area contributed by atoms with Crippen molar-refractivity contribution in [2.45, 2.75) is 31.1 Å². The number of amides is 1. The largest absolute Gasteiger partial charge is 0.495 e. The molecule has 0 radical (unpaired) electrons. The fourth-order valence-electron chi connectivity index (χ4n) is 3.69. The van der Waals surface area contributed by atoms with Crippen molar-refractivity contribution in [2.75, 3.05) is 23.3 Å². The average molecular weight is 372 g/mol. The van der Waals surface area contributed by atoms with Gasteiger partial charge in [0.2, 0.25) is 5.91 Å². The number of ether oxygens (including phenoxy) is 1. The molecule has 0 unspecified atom stereocenters. The number of aryl methyl sites for hydroxylation is 2. The van der Waals surface area contributed by atoms with Gasteiger partial charge >= 0.3 is 0 Å². The van der Waals surface area contributed by atoms with Crippen LogP contribution >= 0.6 is 0 Å². The smallest absolute Gasteiger partial charge is 0.262 e. The van der Waals surface area contributed by atoms with Crippen LogP contribution < -0.4 is 14.4 Å². The van der Waals surface area contributed by atoms with E-state index in [0.717, 1.165) is 22.4 Å². The van der Waals surface area contributed by atoms with Crippen molar-refractivity contribution in [3.8, 4) is 5.75 Å². The van der Waals surface area contributed by atoms with Crippen molar-refractivity contribution in [1.29, 1.82) is 0 Å². The van der Waals surface area contributed by atoms with Crippen LogP contribution in [0.1, 0.15) is 23.1 Å². The molecule has 2 aliphatic rings. The van der Waals surface area contributed by atoms with E-state index in [0.29, 0.717) is 37.2 Å². The number of sulfonamides is 1. The molecule has 6 nitrogen and oxygen atoms in total. The first-order valence-electron chi connectivity index (χ1n) is 8.52. The van der Waals surface area contributed by atoms with Gasteiger partial charge < -0.3 is 9.64 Å². The number of methoxy groups -OCH3 is 1. The van der Waals surface area contributed by atoms with Crippen molar-refractivity contribution < 1.29 is 17.9 Å². The molecule has 0 saturated heterocycles. The fraction of sp³-hybridized carbons (Fsp3) is 0.316. The second-order valence-electron chi connectivity index (χ2n) is 6.69. The van der Waals surface area contributed by atoms with Crippen molar-refractivity contribution in [1.82, 2.24) is 0 Å². The van der Waals surface area contributed by atoms with Gasteiger partial charge in [0.05, 0.1) is 23.4 Å². The van der Waals surface area contributed by atoms with E-state index in [-0.39, 0.29) is 10.8 Å². The maximum absolute atomic E-state index is 13.0. The summed E-state index contributed by atoms with van der Waals surface area (Å²) >= 11 is 0. The summed E-state index contributed by atoms with van der Waals surface area (Å²) in [4.78, 5) is 14.0. The Morgan fingerprint density at radius 3 is 2.54 bits per heavy atom. The third-order valence-electron chi connectivity index (χ3n) is 4.93. The summed E-state index contributed by atoms with van der Waals surface area (Å²) in [5.74, 6) is 0.591. The maximum Gasteiger partial charge on any atom is 0.262 e. The van der Waals surface area contributed by atoms with E-state index >= 15 is 0 Å². The number of rotatable bonds is 4. The van der Waals surface area contributed by atoms with Crippen molar-refractivity contribution >= 4 is 27.3 Å². The van der Waals surface area contributed by atoms with Crippen LogP contribution in [-0.2, 0) is 27.7 Å². The molecule has 0 saturated carbocycles. The minimum Gasteiger partial charge on any atom is -0.495 e. The molecule has 2 aromatic rings. The molecule has 0 aliphatic carbocycles. The number of nitrogens with zero attached hydrogens (tertiary/aromatic N) is 1. The maximum atomic E-state index is 13.0. The molecule has 2 heterocycles. The molecule has 1 N–H and O–H groups in total. The average Bonchev–Trinajstić information content (AvgIpc) is 3.03. The lowest BCUT2D eigenvalue weighted by molar-refractivity contribution is -0.118. The summed E-state index contributed by atoms with van der Waals surface area (Å²) in [6.07, 6.45) is 1.69. The SMILES string of the molecule is COc1ccc(C)cc1NS(=O)(=O)c1cc2c3c(c1)CCN3C(=O)CC2. The highest BCUT2D eigenvalue weighted by molar-refractivity contribution is 7.92. The molecule has 0 bridgehead atoms. The molecule has 0 aromatic heterocycles. The second-order valence-corrected chi connectivity index (χ2v) is 8.38. The summed E-state index contributed by atoms with van der Waals surface area (Å²) in [7, 11) is -2.25.